The van der Waals surface area contributed by atoms with Gasteiger partial charge in [0.2, 0.25) is 5.52 Å². The van der Waals surface area contributed by atoms with Crippen LogP contribution in [0.15, 0.2) is 30.5 Å². The number of fused-ring (bicyclic) bond motifs is 1. The van der Waals surface area contributed by atoms with Gasteiger partial charge in [-0.2, -0.15) is 4.57 Å². The van der Waals surface area contributed by atoms with Crippen molar-refractivity contribution in [2.24, 2.45) is 0 Å². The second-order valence-corrected chi connectivity index (χ2v) is 4.31. The molecule has 0 bridgehead atoms. The van der Waals surface area contributed by atoms with Crippen molar-refractivity contribution >= 4 is 35.4 Å². The summed E-state index contributed by atoms with van der Waals surface area (Å²) >= 11 is 6.03. The molecule has 0 saturated heterocycles. The second-order valence-electron chi connectivity index (χ2n) is 3.90. The molecular weight excluding hydrogens is 314 g/mol. The summed E-state index contributed by atoms with van der Waals surface area (Å²) in [5.41, 5.74) is 0.862. The summed E-state index contributed by atoms with van der Waals surface area (Å²) in [4.78, 5) is 10.3. The van der Waals surface area contributed by atoms with E-state index in [2.05, 4.69) is 0 Å². The molecule has 114 valence electrons. The monoisotopic (exact) mass is 324 g/mol. The van der Waals surface area contributed by atoms with Crippen LogP contribution in [0.25, 0.3) is 10.9 Å². The predicted molar refractivity (Wildman–Crippen MR) is 71.7 cm³/mol. The Bertz CT molecular complexity index is 660. The Morgan fingerprint density at radius 2 is 1.86 bits per heavy atom. The van der Waals surface area contributed by atoms with Gasteiger partial charge in [-0.1, -0.05) is 11.6 Å². The van der Waals surface area contributed by atoms with E-state index in [0.29, 0.717) is 5.02 Å². The van der Waals surface area contributed by atoms with Gasteiger partial charge >= 0.3 is 7.25 Å². The third-order valence-electron chi connectivity index (χ3n) is 2.50. The van der Waals surface area contributed by atoms with Crippen LogP contribution in [0.1, 0.15) is 6.92 Å². The summed E-state index contributed by atoms with van der Waals surface area (Å²) < 4.78 is 40.9. The molecule has 0 saturated carbocycles. The maximum Gasteiger partial charge on any atom is 0.673 e. The van der Waals surface area contributed by atoms with Crippen LogP contribution in [-0.2, 0) is 6.54 Å². The molecule has 0 radical (unpaired) electrons. The fourth-order valence-electron chi connectivity index (χ4n) is 1.67. The van der Waals surface area contributed by atoms with Crippen molar-refractivity contribution in [1.82, 2.24) is 0 Å². The average Bonchev–Trinajstić information content (AvgIpc) is 2.37. The van der Waals surface area contributed by atoms with E-state index in [0.717, 1.165) is 17.4 Å². The zero-order valence-electron chi connectivity index (χ0n) is 10.8. The van der Waals surface area contributed by atoms with Gasteiger partial charge in [0.15, 0.2) is 6.20 Å². The third-order valence-corrected chi connectivity index (χ3v) is 2.83. The molecule has 0 N–H and O–H groups in total. The maximum absolute atomic E-state index is 10.7. The van der Waals surface area contributed by atoms with Gasteiger partial charge in [0.1, 0.15) is 6.54 Å². The van der Waals surface area contributed by atoms with Crippen LogP contribution in [0, 0.1) is 10.1 Å². The average molecular weight is 324 g/mol. The summed E-state index contributed by atoms with van der Waals surface area (Å²) in [6.07, 6.45) is 1.83. The molecule has 0 amide bonds. The van der Waals surface area contributed by atoms with Crippen molar-refractivity contribution in [2.75, 3.05) is 0 Å². The van der Waals surface area contributed by atoms with Crippen molar-refractivity contribution in [2.45, 2.75) is 13.5 Å². The van der Waals surface area contributed by atoms with Gasteiger partial charge in [-0.25, -0.2) is 0 Å². The van der Waals surface area contributed by atoms with Crippen molar-refractivity contribution in [3.8, 4) is 0 Å². The van der Waals surface area contributed by atoms with Crippen LogP contribution in [-0.4, -0.2) is 12.2 Å². The first kappa shape index (κ1) is 17.2. The van der Waals surface area contributed by atoms with E-state index in [1.165, 1.54) is 6.07 Å². The van der Waals surface area contributed by atoms with Gasteiger partial charge in [-0.05, 0) is 13.0 Å². The number of aromatic nitrogens is 1. The van der Waals surface area contributed by atoms with E-state index in [9.17, 15) is 27.4 Å². The number of nitrogens with zero attached hydrogens (tertiary/aromatic N) is 2. The van der Waals surface area contributed by atoms with E-state index in [-0.39, 0.29) is 5.69 Å². The molecule has 0 fully saturated rings. The molecule has 0 aliphatic heterocycles. The molecule has 4 nitrogen and oxygen atoms in total. The Kier molecular flexibility index (Phi) is 5.48. The minimum absolute atomic E-state index is 0.0805. The van der Waals surface area contributed by atoms with Gasteiger partial charge in [0.05, 0.1) is 21.4 Å². The molecule has 0 unspecified atom stereocenters. The minimum Gasteiger partial charge on any atom is -0.418 e. The summed E-state index contributed by atoms with van der Waals surface area (Å²) in [6.45, 7) is 2.72. The molecular formula is C11H10BClF4N2O2. The molecule has 0 atom stereocenters. The number of hydrogen-bond donors (Lipinski definition) is 0. The Labute approximate surface area is 122 Å². The number of aryl methyl sites for hydroxylation is 1. The highest BCUT2D eigenvalue weighted by Gasteiger charge is 2.20. The lowest BCUT2D eigenvalue weighted by molar-refractivity contribution is -0.667. The normalized spacial score (nSPS) is 11.0. The largest absolute Gasteiger partial charge is 0.673 e. The zero-order chi connectivity index (χ0) is 16.2. The van der Waals surface area contributed by atoms with E-state index in [4.69, 9.17) is 11.6 Å². The van der Waals surface area contributed by atoms with Gasteiger partial charge in [0, 0.05) is 12.1 Å². The number of nitro benzene ring substituents is 1. The molecule has 2 rings (SSSR count). The van der Waals surface area contributed by atoms with Crippen molar-refractivity contribution in [3.05, 3.63) is 45.6 Å². The van der Waals surface area contributed by atoms with Crippen LogP contribution in [0.2, 0.25) is 5.02 Å². The fourth-order valence-corrected chi connectivity index (χ4v) is 1.89. The number of halogens is 5. The first-order chi connectivity index (χ1) is 9.63. The van der Waals surface area contributed by atoms with Gasteiger partial charge in [-0.15, -0.1) is 0 Å². The lowest BCUT2D eigenvalue weighted by Crippen LogP contribution is -2.32. The van der Waals surface area contributed by atoms with Crippen LogP contribution in [0.4, 0.5) is 23.0 Å². The highest BCUT2D eigenvalue weighted by molar-refractivity contribution is 6.50. The highest BCUT2D eigenvalue weighted by Crippen LogP contribution is 2.24. The van der Waals surface area contributed by atoms with Gasteiger partial charge < -0.3 is 17.3 Å². The Morgan fingerprint density at radius 3 is 2.33 bits per heavy atom. The fraction of sp³-hybridized carbons (Fsp3) is 0.182. The third kappa shape index (κ3) is 5.18. The van der Waals surface area contributed by atoms with Crippen LogP contribution in [0.3, 0.4) is 0 Å². The smallest absolute Gasteiger partial charge is 0.418 e. The van der Waals surface area contributed by atoms with Crippen molar-refractivity contribution in [3.63, 3.8) is 0 Å². The first-order valence-electron chi connectivity index (χ1n) is 5.77. The van der Waals surface area contributed by atoms with E-state index < -0.39 is 12.2 Å². The molecule has 21 heavy (non-hydrogen) atoms. The number of benzene rings is 1. The van der Waals surface area contributed by atoms with E-state index >= 15 is 0 Å². The second kappa shape index (κ2) is 6.71. The lowest BCUT2D eigenvalue weighted by Gasteiger charge is -2.00. The number of nitro groups is 1. The van der Waals surface area contributed by atoms with E-state index in [1.807, 2.05) is 17.7 Å². The summed E-state index contributed by atoms with van der Waals surface area (Å²) in [5.74, 6) is 0. The Morgan fingerprint density at radius 1 is 1.29 bits per heavy atom. The SMILES string of the molecule is CC[n+]1ccc(Cl)c2ccc([N+](=O)[O-])cc21.F[B-](F)(F)F. The van der Waals surface area contributed by atoms with Crippen LogP contribution >= 0.6 is 11.6 Å². The minimum atomic E-state index is -6.00. The number of hydrogen-bond acceptors (Lipinski definition) is 2. The lowest BCUT2D eigenvalue weighted by atomic mass is 10.2. The number of non-ortho nitro benzene ring substituents is 1. The Balaban J connectivity index is 0.000000383. The Hall–Kier alpha value is -1.90. The predicted octanol–water partition coefficient (Wildman–Crippen LogP) is 4.01. The van der Waals surface area contributed by atoms with Crippen molar-refractivity contribution < 1.29 is 26.8 Å². The van der Waals surface area contributed by atoms with Gasteiger partial charge in [0.25, 0.3) is 5.69 Å². The summed E-state index contributed by atoms with van der Waals surface area (Å²) in [7, 11) is -6.00. The quantitative estimate of drug-likeness (QED) is 0.275. The standard InChI is InChI=1S/C11H10ClN2O2.BF4/c1-2-13-6-5-10(12)9-4-3-8(14(15)16)7-11(9)13;2-1(3,4)5/h3-7H,2H2,1H3;/q+1;-1. The highest BCUT2D eigenvalue weighted by atomic mass is 35.5. The molecule has 10 heteroatoms. The molecule has 0 aliphatic carbocycles. The summed E-state index contributed by atoms with van der Waals surface area (Å²) in [6, 6.07) is 6.49. The van der Waals surface area contributed by atoms with Crippen LogP contribution < -0.4 is 4.57 Å². The van der Waals surface area contributed by atoms with Crippen LogP contribution in [0.5, 0.6) is 0 Å². The van der Waals surface area contributed by atoms with Crippen molar-refractivity contribution in [1.29, 1.82) is 0 Å². The maximum atomic E-state index is 10.7. The zero-order valence-corrected chi connectivity index (χ0v) is 11.5. The van der Waals surface area contributed by atoms with E-state index in [1.54, 1.807) is 18.2 Å². The molecule has 1 aromatic heterocycles. The molecule has 1 aromatic carbocycles. The summed E-state index contributed by atoms with van der Waals surface area (Å²) in [5, 5.41) is 12.1. The molecule has 0 aliphatic rings. The molecule has 1 heterocycles. The molecule has 0 spiro atoms. The number of rotatable bonds is 2. The first-order valence-corrected chi connectivity index (χ1v) is 6.14. The van der Waals surface area contributed by atoms with Gasteiger partial charge in [-0.3, -0.25) is 10.1 Å². The molecule has 2 aromatic rings. The number of pyridine rings is 1. The topological polar surface area (TPSA) is 47.0 Å².